The molecule has 22 heavy (non-hydrogen) atoms. The van der Waals surface area contributed by atoms with E-state index in [1.807, 2.05) is 4.72 Å². The van der Waals surface area contributed by atoms with Gasteiger partial charge in [-0.25, -0.2) is 17.9 Å². The van der Waals surface area contributed by atoms with E-state index in [0.29, 0.717) is 5.56 Å². The molecule has 8 heteroatoms. The second-order valence-corrected chi connectivity index (χ2v) is 5.75. The van der Waals surface area contributed by atoms with Crippen LogP contribution in [0.25, 0.3) is 0 Å². The third kappa shape index (κ3) is 4.17. The molecule has 6 nitrogen and oxygen atoms in total. The van der Waals surface area contributed by atoms with Gasteiger partial charge in [-0.15, -0.1) is 0 Å². The van der Waals surface area contributed by atoms with Crippen LogP contribution in [-0.2, 0) is 10.0 Å². The van der Waals surface area contributed by atoms with E-state index in [1.54, 1.807) is 42.5 Å². The molecule has 2 N–H and O–H groups in total. The number of aromatic carboxylic acids is 1. The number of rotatable bonds is 1. The van der Waals surface area contributed by atoms with Crippen LogP contribution in [0.4, 0.5) is 0 Å². The Kier molecular flexibility index (Phi) is 6.31. The molecule has 0 aliphatic carbocycles. The van der Waals surface area contributed by atoms with Gasteiger partial charge in [-0.2, -0.15) is 0 Å². The summed E-state index contributed by atoms with van der Waals surface area (Å²) < 4.78 is 24.2. The Morgan fingerprint density at radius 2 is 1.55 bits per heavy atom. The molecule has 0 radical (unpaired) electrons. The summed E-state index contributed by atoms with van der Waals surface area (Å²) >= 11 is 0. The van der Waals surface area contributed by atoms with Gasteiger partial charge in [0.05, 0.1) is 11.1 Å². The Labute approximate surface area is 151 Å². The summed E-state index contributed by atoms with van der Waals surface area (Å²) in [7, 11) is -3.55. The van der Waals surface area contributed by atoms with Crippen LogP contribution in [0.5, 0.6) is 0 Å². The van der Waals surface area contributed by atoms with Crippen molar-refractivity contribution in [3.05, 3.63) is 65.7 Å². The van der Waals surface area contributed by atoms with Crippen molar-refractivity contribution in [2.24, 2.45) is 0 Å². The van der Waals surface area contributed by atoms with E-state index < -0.39 is 21.9 Å². The minimum absolute atomic E-state index is 0. The largest absolute Gasteiger partial charge is 1.00 e. The number of fused-ring (bicyclic) bond motifs is 1. The van der Waals surface area contributed by atoms with Crippen LogP contribution >= 0.6 is 0 Å². The van der Waals surface area contributed by atoms with Crippen molar-refractivity contribution in [1.29, 1.82) is 0 Å². The molecule has 2 aromatic carbocycles. The van der Waals surface area contributed by atoms with E-state index in [0.717, 1.165) is 0 Å². The van der Waals surface area contributed by atoms with Gasteiger partial charge in [-0.1, -0.05) is 30.3 Å². The van der Waals surface area contributed by atoms with Crippen LogP contribution in [-0.4, -0.2) is 25.4 Å². The molecule has 0 atom stereocenters. The molecule has 1 amide bonds. The molecule has 2 aromatic rings. The minimum atomic E-state index is -3.55. The van der Waals surface area contributed by atoms with E-state index in [1.165, 1.54) is 12.1 Å². The monoisotopic (exact) mass is 329 g/mol. The van der Waals surface area contributed by atoms with E-state index in [2.05, 4.69) is 0 Å². The van der Waals surface area contributed by atoms with Gasteiger partial charge in [0.25, 0.3) is 15.9 Å². The predicted molar refractivity (Wildman–Crippen MR) is 75.6 cm³/mol. The topological polar surface area (TPSA) is 101 Å². The summed E-state index contributed by atoms with van der Waals surface area (Å²) in [5.74, 6) is -1.43. The Bertz CT molecular complexity index is 796. The normalized spacial score (nSPS) is 13.7. The Morgan fingerprint density at radius 3 is 2.05 bits per heavy atom. The van der Waals surface area contributed by atoms with Crippen LogP contribution < -0.4 is 34.3 Å². The zero-order valence-corrected chi connectivity index (χ0v) is 14.5. The third-order valence-electron chi connectivity index (χ3n) is 2.67. The van der Waals surface area contributed by atoms with Gasteiger partial charge < -0.3 is 6.53 Å². The van der Waals surface area contributed by atoms with Crippen molar-refractivity contribution in [2.45, 2.75) is 4.90 Å². The predicted octanol–water partition coefficient (Wildman–Crippen LogP) is -1.38. The molecule has 110 valence electrons. The summed E-state index contributed by atoms with van der Waals surface area (Å²) in [6.45, 7) is 0. The first-order valence-corrected chi connectivity index (χ1v) is 7.34. The molecule has 0 fully saturated rings. The average molecular weight is 329 g/mol. The van der Waals surface area contributed by atoms with Crippen molar-refractivity contribution in [1.82, 2.24) is 4.72 Å². The third-order valence-corrected chi connectivity index (χ3v) is 4.06. The maximum atomic E-state index is 11.1. The van der Waals surface area contributed by atoms with Gasteiger partial charge in [0.2, 0.25) is 0 Å². The van der Waals surface area contributed by atoms with Crippen LogP contribution in [0, 0.1) is 0 Å². The van der Waals surface area contributed by atoms with E-state index in [4.69, 9.17) is 5.11 Å². The molecule has 0 bridgehead atoms. The number of carbonyl (C=O) groups is 2. The molecule has 1 heterocycles. The van der Waals surface area contributed by atoms with Crippen molar-refractivity contribution in [3.8, 4) is 0 Å². The van der Waals surface area contributed by atoms with Crippen LogP contribution in [0.1, 0.15) is 22.1 Å². The Morgan fingerprint density at radius 1 is 1.00 bits per heavy atom. The van der Waals surface area contributed by atoms with Crippen LogP contribution in [0.15, 0.2) is 59.5 Å². The summed E-state index contributed by atoms with van der Waals surface area (Å²) in [5.41, 5.74) is 0.551. The van der Waals surface area contributed by atoms with Gasteiger partial charge in [-0.3, -0.25) is 4.79 Å². The number of carboxylic acids is 1. The van der Waals surface area contributed by atoms with Crippen molar-refractivity contribution in [3.63, 3.8) is 0 Å². The van der Waals surface area contributed by atoms with Gasteiger partial charge >= 0.3 is 35.5 Å². The SMILES string of the molecule is O=C(O)c1ccccc1.O=C1NS(=O)(=O)c2ccccc21.[H-].[Na+]. The average Bonchev–Trinajstić information content (AvgIpc) is 2.71. The minimum Gasteiger partial charge on any atom is -1.00 e. The Balaban J connectivity index is 0.000000401. The zero-order valence-electron chi connectivity index (χ0n) is 12.7. The van der Waals surface area contributed by atoms with E-state index >= 15 is 0 Å². The molecule has 0 aromatic heterocycles. The number of carbonyl (C=O) groups excluding carboxylic acids is 1. The van der Waals surface area contributed by atoms with Crippen LogP contribution in [0.2, 0.25) is 0 Å². The summed E-state index contributed by atoms with van der Waals surface area (Å²) in [5, 5.41) is 8.38. The summed E-state index contributed by atoms with van der Waals surface area (Å²) in [4.78, 5) is 21.3. The number of benzene rings is 2. The van der Waals surface area contributed by atoms with E-state index in [9.17, 15) is 18.0 Å². The fraction of sp³-hybridized carbons (Fsp3) is 0. The summed E-state index contributed by atoms with van der Waals surface area (Å²) in [6.07, 6.45) is 0. The molecular weight excluding hydrogens is 317 g/mol. The first-order chi connectivity index (χ1) is 9.92. The first kappa shape index (κ1) is 18.4. The van der Waals surface area contributed by atoms with Gasteiger partial charge in [0, 0.05) is 0 Å². The van der Waals surface area contributed by atoms with Crippen molar-refractivity contribution in [2.75, 3.05) is 0 Å². The van der Waals surface area contributed by atoms with Gasteiger partial charge in [0.15, 0.2) is 0 Å². The van der Waals surface area contributed by atoms with Gasteiger partial charge in [-0.05, 0) is 24.3 Å². The molecule has 0 spiro atoms. The number of sulfonamides is 1. The molecule has 0 saturated heterocycles. The van der Waals surface area contributed by atoms with Crippen molar-refractivity contribution >= 4 is 21.9 Å². The van der Waals surface area contributed by atoms with Gasteiger partial charge in [0.1, 0.15) is 4.90 Å². The first-order valence-electron chi connectivity index (χ1n) is 5.86. The molecular formula is C14H12NNaO5S. The molecule has 1 aliphatic heterocycles. The number of hydrogen-bond donors (Lipinski definition) is 2. The molecule has 0 unspecified atom stereocenters. The van der Waals surface area contributed by atoms with Crippen molar-refractivity contribution < 1.29 is 54.1 Å². The number of carboxylic acid groups (broad SMARTS) is 1. The maximum absolute atomic E-state index is 11.1. The molecule has 0 saturated carbocycles. The fourth-order valence-electron chi connectivity index (χ4n) is 1.70. The summed E-state index contributed by atoms with van der Waals surface area (Å²) in [6, 6.07) is 14.4. The van der Waals surface area contributed by atoms with Crippen LogP contribution in [0.3, 0.4) is 0 Å². The van der Waals surface area contributed by atoms with E-state index in [-0.39, 0.29) is 41.4 Å². The number of hydrogen-bond acceptors (Lipinski definition) is 4. The second kappa shape index (κ2) is 7.55. The Hall–Kier alpha value is -1.67. The zero-order chi connectivity index (χ0) is 15.5. The fourth-order valence-corrected chi connectivity index (χ4v) is 2.87. The quantitative estimate of drug-likeness (QED) is 0.628. The molecule has 3 rings (SSSR count). The molecule has 1 aliphatic rings. The maximum Gasteiger partial charge on any atom is 1.00 e. The number of nitrogens with one attached hydrogen (secondary N) is 1. The standard InChI is InChI=1S/C7H5NO3S.C7H6O2.Na.H/c9-7-5-3-1-2-4-6(5)12(10,11)8-7;8-7(9)6-4-2-1-3-5-6;;/h1-4H,(H,8,9);1-5H,(H,8,9);;/q;;+1;-1. The number of amides is 1. The smallest absolute Gasteiger partial charge is 1.00 e. The second-order valence-electron chi connectivity index (χ2n) is 4.10.